The summed E-state index contributed by atoms with van der Waals surface area (Å²) < 4.78 is 0. The van der Waals surface area contributed by atoms with Gasteiger partial charge in [-0.05, 0) is 12.8 Å². The van der Waals surface area contributed by atoms with Crippen LogP contribution in [0.5, 0.6) is 0 Å². The number of amides is 1. The Balaban J connectivity index is 2.14. The molecule has 1 atom stereocenters. The summed E-state index contributed by atoms with van der Waals surface area (Å²) in [6.07, 6.45) is 4.63. The van der Waals surface area contributed by atoms with Crippen molar-refractivity contribution >= 4 is 5.91 Å². The SMILES string of the molecule is O=C1CC2(CCCC2)C(O)CN1. The predicted octanol–water partition coefficient (Wildman–Crippen LogP) is 0.428. The van der Waals surface area contributed by atoms with E-state index in [1.165, 1.54) is 12.8 Å². The highest BCUT2D eigenvalue weighted by atomic mass is 16.3. The second-order valence-electron chi connectivity index (χ2n) is 4.07. The molecule has 0 bridgehead atoms. The summed E-state index contributed by atoms with van der Waals surface area (Å²) in [5, 5.41) is 12.5. The van der Waals surface area contributed by atoms with Crippen molar-refractivity contribution in [2.75, 3.05) is 6.54 Å². The monoisotopic (exact) mass is 169 g/mol. The van der Waals surface area contributed by atoms with E-state index in [1.54, 1.807) is 0 Å². The lowest BCUT2D eigenvalue weighted by molar-refractivity contribution is -0.131. The van der Waals surface area contributed by atoms with Gasteiger partial charge in [0, 0.05) is 18.4 Å². The Hall–Kier alpha value is -0.570. The normalized spacial score (nSPS) is 33.8. The van der Waals surface area contributed by atoms with E-state index < -0.39 is 0 Å². The summed E-state index contributed by atoms with van der Waals surface area (Å²) in [6.45, 7) is 0.457. The zero-order valence-electron chi connectivity index (χ0n) is 7.18. The molecule has 3 nitrogen and oxygen atoms in total. The molecule has 1 heterocycles. The number of carbonyl (C=O) groups is 1. The summed E-state index contributed by atoms with van der Waals surface area (Å²) in [4.78, 5) is 11.1. The number of piperidine rings is 1. The highest BCUT2D eigenvalue weighted by Crippen LogP contribution is 2.45. The van der Waals surface area contributed by atoms with Gasteiger partial charge in [0.1, 0.15) is 0 Å². The average Bonchev–Trinajstić information content (AvgIpc) is 2.48. The molecule has 0 aromatic heterocycles. The third-order valence-electron chi connectivity index (χ3n) is 3.31. The van der Waals surface area contributed by atoms with Gasteiger partial charge in [0.25, 0.3) is 0 Å². The molecule has 0 radical (unpaired) electrons. The minimum atomic E-state index is -0.308. The van der Waals surface area contributed by atoms with Crippen molar-refractivity contribution in [2.45, 2.75) is 38.2 Å². The third kappa shape index (κ3) is 1.12. The number of rotatable bonds is 0. The van der Waals surface area contributed by atoms with Crippen LogP contribution in [0.3, 0.4) is 0 Å². The first-order chi connectivity index (χ1) is 5.73. The van der Waals surface area contributed by atoms with E-state index >= 15 is 0 Å². The molecule has 0 aromatic rings. The maximum absolute atomic E-state index is 11.1. The Morgan fingerprint density at radius 2 is 2.08 bits per heavy atom. The minimum Gasteiger partial charge on any atom is -0.391 e. The number of aliphatic hydroxyl groups excluding tert-OH is 1. The lowest BCUT2D eigenvalue weighted by Gasteiger charge is -2.37. The Labute approximate surface area is 72.2 Å². The molecule has 1 spiro atoms. The molecular formula is C9H15NO2. The second-order valence-corrected chi connectivity index (χ2v) is 4.07. The van der Waals surface area contributed by atoms with Gasteiger partial charge in [0.05, 0.1) is 6.10 Å². The van der Waals surface area contributed by atoms with Crippen LogP contribution >= 0.6 is 0 Å². The van der Waals surface area contributed by atoms with Crippen molar-refractivity contribution in [1.29, 1.82) is 0 Å². The van der Waals surface area contributed by atoms with E-state index in [4.69, 9.17) is 0 Å². The molecule has 1 aliphatic heterocycles. The van der Waals surface area contributed by atoms with Gasteiger partial charge in [-0.1, -0.05) is 12.8 Å². The van der Waals surface area contributed by atoms with Crippen molar-refractivity contribution in [3.05, 3.63) is 0 Å². The van der Waals surface area contributed by atoms with E-state index in [9.17, 15) is 9.90 Å². The van der Waals surface area contributed by atoms with Crippen molar-refractivity contribution in [2.24, 2.45) is 5.41 Å². The van der Waals surface area contributed by atoms with E-state index in [-0.39, 0.29) is 17.4 Å². The highest BCUT2D eigenvalue weighted by Gasteiger charge is 2.44. The van der Waals surface area contributed by atoms with Crippen molar-refractivity contribution in [3.8, 4) is 0 Å². The first-order valence-corrected chi connectivity index (χ1v) is 4.68. The Morgan fingerprint density at radius 3 is 2.75 bits per heavy atom. The summed E-state index contributed by atoms with van der Waals surface area (Å²) in [5.74, 6) is 0.113. The Kier molecular flexibility index (Phi) is 1.83. The molecule has 68 valence electrons. The van der Waals surface area contributed by atoms with Crippen LogP contribution in [0.1, 0.15) is 32.1 Å². The quantitative estimate of drug-likeness (QED) is 0.552. The number of aliphatic hydroxyl groups is 1. The molecule has 1 aliphatic carbocycles. The molecule has 1 saturated carbocycles. The first kappa shape index (κ1) is 8.05. The van der Waals surface area contributed by atoms with Crippen LogP contribution in [-0.4, -0.2) is 23.7 Å². The molecule has 3 heteroatoms. The molecule has 2 fully saturated rings. The van der Waals surface area contributed by atoms with Crippen LogP contribution in [0, 0.1) is 5.41 Å². The standard InChI is InChI=1S/C9H15NO2/c11-7-6-10-8(12)5-9(7)3-1-2-4-9/h7,11H,1-6H2,(H,10,12). The predicted molar refractivity (Wildman–Crippen MR) is 44.5 cm³/mol. The van der Waals surface area contributed by atoms with Gasteiger partial charge in [-0.3, -0.25) is 4.79 Å². The lowest BCUT2D eigenvalue weighted by Crippen LogP contribution is -2.50. The topological polar surface area (TPSA) is 49.3 Å². The van der Waals surface area contributed by atoms with Gasteiger partial charge in [0.15, 0.2) is 0 Å². The first-order valence-electron chi connectivity index (χ1n) is 4.68. The molecule has 1 saturated heterocycles. The summed E-state index contributed by atoms with van der Waals surface area (Å²) in [6, 6.07) is 0. The second kappa shape index (κ2) is 2.73. The molecule has 2 aliphatic rings. The van der Waals surface area contributed by atoms with Crippen molar-refractivity contribution in [3.63, 3.8) is 0 Å². The fourth-order valence-electron chi connectivity index (χ4n) is 2.52. The smallest absolute Gasteiger partial charge is 0.220 e. The van der Waals surface area contributed by atoms with E-state index in [1.807, 2.05) is 0 Å². The van der Waals surface area contributed by atoms with E-state index in [2.05, 4.69) is 5.32 Å². The zero-order valence-corrected chi connectivity index (χ0v) is 7.18. The lowest BCUT2D eigenvalue weighted by atomic mass is 9.75. The number of nitrogens with one attached hydrogen (secondary N) is 1. The van der Waals surface area contributed by atoms with Gasteiger partial charge in [-0.15, -0.1) is 0 Å². The molecule has 1 amide bonds. The maximum atomic E-state index is 11.1. The Bertz CT molecular complexity index is 197. The van der Waals surface area contributed by atoms with Crippen LogP contribution < -0.4 is 5.32 Å². The summed E-state index contributed by atoms with van der Waals surface area (Å²) >= 11 is 0. The van der Waals surface area contributed by atoms with Gasteiger partial charge in [-0.25, -0.2) is 0 Å². The zero-order chi connectivity index (χ0) is 8.60. The van der Waals surface area contributed by atoms with Crippen LogP contribution in [0.25, 0.3) is 0 Å². The highest BCUT2D eigenvalue weighted by molar-refractivity contribution is 5.77. The van der Waals surface area contributed by atoms with Crippen molar-refractivity contribution in [1.82, 2.24) is 5.32 Å². The maximum Gasteiger partial charge on any atom is 0.220 e. The molecule has 2 N–H and O–H groups in total. The van der Waals surface area contributed by atoms with Crippen LogP contribution in [0.2, 0.25) is 0 Å². The van der Waals surface area contributed by atoms with Gasteiger partial charge in [-0.2, -0.15) is 0 Å². The largest absolute Gasteiger partial charge is 0.391 e. The van der Waals surface area contributed by atoms with Crippen LogP contribution in [0.15, 0.2) is 0 Å². The molecule has 0 aromatic carbocycles. The molecule has 2 rings (SSSR count). The fourth-order valence-corrected chi connectivity index (χ4v) is 2.52. The molecule has 1 unspecified atom stereocenters. The van der Waals surface area contributed by atoms with Crippen LogP contribution in [-0.2, 0) is 4.79 Å². The Morgan fingerprint density at radius 1 is 1.42 bits per heavy atom. The molecule has 12 heavy (non-hydrogen) atoms. The van der Waals surface area contributed by atoms with Crippen molar-refractivity contribution < 1.29 is 9.90 Å². The van der Waals surface area contributed by atoms with E-state index in [0.29, 0.717) is 13.0 Å². The fraction of sp³-hybridized carbons (Fsp3) is 0.889. The van der Waals surface area contributed by atoms with Gasteiger partial charge >= 0.3 is 0 Å². The number of hydrogen-bond acceptors (Lipinski definition) is 2. The minimum absolute atomic E-state index is 0.0532. The third-order valence-corrected chi connectivity index (χ3v) is 3.31. The van der Waals surface area contributed by atoms with E-state index in [0.717, 1.165) is 12.8 Å². The summed E-state index contributed by atoms with van der Waals surface area (Å²) in [5.41, 5.74) is -0.0532. The number of hydrogen-bond donors (Lipinski definition) is 2. The summed E-state index contributed by atoms with van der Waals surface area (Å²) in [7, 11) is 0. The number of β-amino-alcohol motifs (C(OH)–C–C–N with tert-alkyl or cyclic N) is 1. The van der Waals surface area contributed by atoms with Gasteiger partial charge in [0.2, 0.25) is 5.91 Å². The molecular weight excluding hydrogens is 154 g/mol. The average molecular weight is 169 g/mol. The van der Waals surface area contributed by atoms with Gasteiger partial charge < -0.3 is 10.4 Å². The number of carbonyl (C=O) groups excluding carboxylic acids is 1. The van der Waals surface area contributed by atoms with Crippen LogP contribution in [0.4, 0.5) is 0 Å².